The fraction of sp³-hybridized carbons (Fsp3) is 0.304. The number of likely N-dealkylation sites (N-methyl/N-ethyl adjacent to an activating group) is 1. The first-order valence-corrected chi connectivity index (χ1v) is 11.4. The van der Waals surface area contributed by atoms with Gasteiger partial charge in [-0.15, -0.1) is 10.2 Å². The second kappa shape index (κ2) is 12.0. The van der Waals surface area contributed by atoms with Gasteiger partial charge < -0.3 is 20.3 Å². The summed E-state index contributed by atoms with van der Waals surface area (Å²) in [7, 11) is 0. The van der Waals surface area contributed by atoms with E-state index in [2.05, 4.69) is 39.6 Å². The van der Waals surface area contributed by atoms with Gasteiger partial charge in [-0.3, -0.25) is 9.59 Å². The number of rotatable bonds is 11. The number of amides is 2. The van der Waals surface area contributed by atoms with Crippen LogP contribution in [0.25, 0.3) is 0 Å². The number of benzene rings is 2. The normalized spacial score (nSPS) is 10.8. The van der Waals surface area contributed by atoms with Gasteiger partial charge in [0.2, 0.25) is 5.01 Å². The summed E-state index contributed by atoms with van der Waals surface area (Å²) in [6.45, 7) is 7.55. The van der Waals surface area contributed by atoms with Crippen LogP contribution in [0.5, 0.6) is 5.75 Å². The molecule has 0 aliphatic rings. The van der Waals surface area contributed by atoms with E-state index in [1.54, 1.807) is 24.3 Å². The Balaban J connectivity index is 1.48. The van der Waals surface area contributed by atoms with Gasteiger partial charge in [0.15, 0.2) is 5.01 Å². The fourth-order valence-electron chi connectivity index (χ4n) is 2.94. The predicted octanol–water partition coefficient (Wildman–Crippen LogP) is 3.58. The minimum Gasteiger partial charge on any atom is -0.486 e. The lowest BCUT2D eigenvalue weighted by Gasteiger charge is -2.17. The molecule has 0 aliphatic heterocycles. The van der Waals surface area contributed by atoms with E-state index < -0.39 is 5.91 Å². The van der Waals surface area contributed by atoms with E-state index in [9.17, 15) is 14.0 Å². The van der Waals surface area contributed by atoms with Crippen LogP contribution in [0.2, 0.25) is 0 Å². The van der Waals surface area contributed by atoms with E-state index in [1.807, 2.05) is 0 Å². The van der Waals surface area contributed by atoms with Crippen molar-refractivity contribution in [2.45, 2.75) is 20.5 Å². The fourth-order valence-corrected chi connectivity index (χ4v) is 3.59. The maximum absolute atomic E-state index is 12.9. The molecule has 1 aromatic heterocycles. The minimum absolute atomic E-state index is 0.120. The van der Waals surface area contributed by atoms with Crippen LogP contribution in [-0.2, 0) is 6.61 Å². The van der Waals surface area contributed by atoms with Gasteiger partial charge in [0.1, 0.15) is 18.2 Å². The summed E-state index contributed by atoms with van der Waals surface area (Å²) in [5.41, 5.74) is 1.06. The molecule has 2 N–H and O–H groups in total. The van der Waals surface area contributed by atoms with E-state index in [0.717, 1.165) is 31.0 Å². The molecule has 8 nitrogen and oxygen atoms in total. The molecule has 0 radical (unpaired) electrons. The standard InChI is InChI=1S/C23H26FN5O3S/c1-3-29(4-2)14-13-25-21(30)16-5-9-18(10-6-16)26-22(31)23-28-27-20(33-23)15-32-19-11-7-17(24)8-12-19/h5-12H,3-4,13-15H2,1-2H3,(H,25,30)(H,26,31). The molecule has 0 unspecified atom stereocenters. The van der Waals surface area contributed by atoms with Crippen molar-refractivity contribution >= 4 is 28.8 Å². The van der Waals surface area contributed by atoms with Crippen LogP contribution in [0.3, 0.4) is 0 Å². The van der Waals surface area contributed by atoms with E-state index in [1.165, 1.54) is 24.3 Å². The Morgan fingerprint density at radius 1 is 1.00 bits per heavy atom. The molecule has 10 heteroatoms. The van der Waals surface area contributed by atoms with Crippen LogP contribution in [0.4, 0.5) is 10.1 Å². The SMILES string of the molecule is CCN(CC)CCNC(=O)c1ccc(NC(=O)c2nnc(COc3ccc(F)cc3)s2)cc1. The summed E-state index contributed by atoms with van der Waals surface area (Å²) in [6, 6.07) is 12.3. The van der Waals surface area contributed by atoms with Crippen molar-refractivity contribution < 1.29 is 18.7 Å². The third-order valence-electron chi connectivity index (χ3n) is 4.85. The zero-order valence-corrected chi connectivity index (χ0v) is 19.3. The van der Waals surface area contributed by atoms with Gasteiger partial charge in [0.25, 0.3) is 11.8 Å². The average Bonchev–Trinajstić information content (AvgIpc) is 3.31. The number of ether oxygens (including phenoxy) is 1. The summed E-state index contributed by atoms with van der Waals surface area (Å²) in [5.74, 6) is -0.414. The Morgan fingerprint density at radius 2 is 1.70 bits per heavy atom. The van der Waals surface area contributed by atoms with Crippen LogP contribution >= 0.6 is 11.3 Å². The molecule has 33 heavy (non-hydrogen) atoms. The Hall–Kier alpha value is -3.37. The van der Waals surface area contributed by atoms with Crippen molar-refractivity contribution in [1.29, 1.82) is 0 Å². The Morgan fingerprint density at radius 3 is 2.36 bits per heavy atom. The summed E-state index contributed by atoms with van der Waals surface area (Å²) < 4.78 is 18.5. The zero-order chi connectivity index (χ0) is 23.6. The van der Waals surface area contributed by atoms with Crippen molar-refractivity contribution in [3.05, 3.63) is 69.9 Å². The van der Waals surface area contributed by atoms with Gasteiger partial charge in [-0.25, -0.2) is 4.39 Å². The van der Waals surface area contributed by atoms with Crippen LogP contribution in [0.1, 0.15) is 39.0 Å². The minimum atomic E-state index is -0.406. The third kappa shape index (κ3) is 7.33. The number of anilines is 1. The highest BCUT2D eigenvalue weighted by Crippen LogP contribution is 2.17. The maximum atomic E-state index is 12.9. The molecule has 0 saturated heterocycles. The molecule has 0 bridgehead atoms. The summed E-state index contributed by atoms with van der Waals surface area (Å²) >= 11 is 1.10. The number of carbonyl (C=O) groups excluding carboxylic acids is 2. The lowest BCUT2D eigenvalue weighted by atomic mass is 10.2. The topological polar surface area (TPSA) is 96.5 Å². The Labute approximate surface area is 195 Å². The molecule has 1 heterocycles. The molecule has 0 aliphatic carbocycles. The van der Waals surface area contributed by atoms with E-state index >= 15 is 0 Å². The van der Waals surface area contributed by atoms with Crippen LogP contribution in [0.15, 0.2) is 48.5 Å². The predicted molar refractivity (Wildman–Crippen MR) is 125 cm³/mol. The van der Waals surface area contributed by atoms with Gasteiger partial charge >= 0.3 is 0 Å². The first-order valence-electron chi connectivity index (χ1n) is 10.6. The second-order valence-electron chi connectivity index (χ2n) is 7.06. The molecule has 0 spiro atoms. The molecule has 3 aromatic rings. The van der Waals surface area contributed by atoms with Gasteiger partial charge in [-0.2, -0.15) is 0 Å². The smallest absolute Gasteiger partial charge is 0.286 e. The van der Waals surface area contributed by atoms with Crippen molar-refractivity contribution in [2.75, 3.05) is 31.5 Å². The van der Waals surface area contributed by atoms with Crippen LogP contribution < -0.4 is 15.4 Å². The zero-order valence-electron chi connectivity index (χ0n) is 18.5. The molecule has 174 valence electrons. The molecule has 2 amide bonds. The number of halogens is 1. The Bertz CT molecular complexity index is 1050. The molecule has 0 atom stereocenters. The second-order valence-corrected chi connectivity index (χ2v) is 8.12. The third-order valence-corrected chi connectivity index (χ3v) is 5.75. The molecular formula is C23H26FN5O3S. The highest BCUT2D eigenvalue weighted by molar-refractivity contribution is 7.13. The van der Waals surface area contributed by atoms with Crippen LogP contribution in [0, 0.1) is 5.82 Å². The lowest BCUT2D eigenvalue weighted by molar-refractivity contribution is 0.0948. The number of nitrogens with zero attached hydrogens (tertiary/aromatic N) is 3. The lowest BCUT2D eigenvalue weighted by Crippen LogP contribution is -2.34. The quantitative estimate of drug-likeness (QED) is 0.444. The molecular weight excluding hydrogens is 445 g/mol. The highest BCUT2D eigenvalue weighted by atomic mass is 32.1. The average molecular weight is 472 g/mol. The first-order chi connectivity index (χ1) is 16.0. The largest absolute Gasteiger partial charge is 0.486 e. The monoisotopic (exact) mass is 471 g/mol. The molecule has 2 aromatic carbocycles. The number of hydrogen-bond donors (Lipinski definition) is 2. The number of nitrogens with one attached hydrogen (secondary N) is 2. The van der Waals surface area contributed by atoms with E-state index in [-0.39, 0.29) is 23.3 Å². The highest BCUT2D eigenvalue weighted by Gasteiger charge is 2.14. The molecule has 0 saturated carbocycles. The number of aromatic nitrogens is 2. The summed E-state index contributed by atoms with van der Waals surface area (Å²) in [5, 5.41) is 14.2. The van der Waals surface area contributed by atoms with Gasteiger partial charge in [0.05, 0.1) is 0 Å². The number of carbonyl (C=O) groups is 2. The number of hydrogen-bond acceptors (Lipinski definition) is 7. The summed E-state index contributed by atoms with van der Waals surface area (Å²) in [4.78, 5) is 27.0. The van der Waals surface area contributed by atoms with Crippen molar-refractivity contribution in [3.8, 4) is 5.75 Å². The maximum Gasteiger partial charge on any atom is 0.286 e. The summed E-state index contributed by atoms with van der Waals surface area (Å²) in [6.07, 6.45) is 0. The molecule has 3 rings (SSSR count). The van der Waals surface area contributed by atoms with Crippen molar-refractivity contribution in [1.82, 2.24) is 20.4 Å². The van der Waals surface area contributed by atoms with Crippen LogP contribution in [-0.4, -0.2) is 53.1 Å². The van der Waals surface area contributed by atoms with Crippen molar-refractivity contribution in [3.63, 3.8) is 0 Å². The van der Waals surface area contributed by atoms with Crippen molar-refractivity contribution in [2.24, 2.45) is 0 Å². The van der Waals surface area contributed by atoms with Gasteiger partial charge in [0, 0.05) is 24.3 Å². The molecule has 0 fully saturated rings. The van der Waals surface area contributed by atoms with E-state index in [0.29, 0.717) is 28.6 Å². The first kappa shape index (κ1) is 24.3. The van der Waals surface area contributed by atoms with Gasteiger partial charge in [-0.05, 0) is 61.6 Å². The van der Waals surface area contributed by atoms with E-state index in [4.69, 9.17) is 4.74 Å². The van der Waals surface area contributed by atoms with Gasteiger partial charge in [-0.1, -0.05) is 25.2 Å². The Kier molecular flexibility index (Phi) is 8.85.